The van der Waals surface area contributed by atoms with E-state index in [1.165, 1.54) is 14.2 Å². The lowest BCUT2D eigenvalue weighted by Crippen LogP contribution is -2.51. The molecule has 4 aromatic rings. The van der Waals surface area contributed by atoms with Crippen molar-refractivity contribution in [2.75, 3.05) is 39.2 Å². The van der Waals surface area contributed by atoms with Crippen molar-refractivity contribution in [1.82, 2.24) is 30.1 Å². The van der Waals surface area contributed by atoms with Crippen LogP contribution in [0.4, 0.5) is 10.6 Å². The summed E-state index contributed by atoms with van der Waals surface area (Å²) in [5, 5.41) is 8.29. The van der Waals surface area contributed by atoms with E-state index in [1.807, 2.05) is 62.0 Å². The number of nitrogens with zero attached hydrogens (tertiary/aromatic N) is 4. The van der Waals surface area contributed by atoms with Crippen LogP contribution in [0.25, 0.3) is 33.2 Å². The van der Waals surface area contributed by atoms with Crippen molar-refractivity contribution in [2.45, 2.75) is 77.9 Å². The summed E-state index contributed by atoms with van der Waals surface area (Å²) in [6.07, 6.45) is 6.61. The van der Waals surface area contributed by atoms with Crippen LogP contribution in [0.3, 0.4) is 0 Å². The van der Waals surface area contributed by atoms with Gasteiger partial charge in [0.15, 0.2) is 0 Å². The molecule has 2 aromatic carbocycles. The van der Waals surface area contributed by atoms with E-state index in [0.29, 0.717) is 19.6 Å². The van der Waals surface area contributed by atoms with Crippen molar-refractivity contribution in [2.24, 2.45) is 17.8 Å². The van der Waals surface area contributed by atoms with Crippen molar-refractivity contribution >= 4 is 94.4 Å². The molecule has 2 aliphatic heterocycles. The first-order chi connectivity index (χ1) is 26.5. The summed E-state index contributed by atoms with van der Waals surface area (Å²) in [5.74, 6) is 0.525. The van der Waals surface area contributed by atoms with Crippen LogP contribution in [0.15, 0.2) is 60.9 Å². The highest BCUT2D eigenvalue weighted by atomic mass is 32.1. The van der Waals surface area contributed by atoms with Crippen LogP contribution in [0, 0.1) is 17.8 Å². The smallest absolute Gasteiger partial charge is 0.407 e. The molecule has 0 unspecified atom stereocenters. The van der Waals surface area contributed by atoms with E-state index in [1.54, 1.807) is 0 Å². The molecule has 4 heterocycles. The number of carbonyl (C=O) groups excluding carboxylic acids is 4. The molecule has 0 bridgehead atoms. The Kier molecular flexibility index (Phi) is 20.0. The molecule has 0 saturated carbocycles. The fraction of sp³-hybridized carbons (Fsp3) is 0.476. The number of amides is 3. The van der Waals surface area contributed by atoms with E-state index < -0.39 is 18.1 Å². The third kappa shape index (κ3) is 12.0. The number of methoxy groups -OCH3 is 2. The highest BCUT2D eigenvalue weighted by Crippen LogP contribution is 2.34. The fourth-order valence-corrected chi connectivity index (χ4v) is 7.75. The highest BCUT2D eigenvalue weighted by molar-refractivity contribution is 7.59. The van der Waals surface area contributed by atoms with Crippen LogP contribution < -0.4 is 10.6 Å². The number of ether oxygens (including phenoxy) is 2. The Labute approximate surface area is 375 Å². The first kappa shape index (κ1) is 51.1. The quantitative estimate of drug-likeness (QED) is 0.120. The van der Waals surface area contributed by atoms with Gasteiger partial charge in [0.05, 0.1) is 44.5 Å². The first-order valence-electron chi connectivity index (χ1n) is 19.3. The zero-order valence-electron chi connectivity index (χ0n) is 34.6. The third-order valence-corrected chi connectivity index (χ3v) is 11.0. The molecule has 2 aromatic heterocycles. The summed E-state index contributed by atoms with van der Waals surface area (Å²) in [6, 6.07) is 15.8. The number of pyridine rings is 1. The number of rotatable bonds is 13. The number of aromatic nitrogens is 3. The van der Waals surface area contributed by atoms with E-state index >= 15 is 0 Å². The van der Waals surface area contributed by atoms with Crippen LogP contribution in [-0.4, -0.2) is 94.6 Å². The topological polar surface area (TPSA) is 159 Å². The second-order valence-electron chi connectivity index (χ2n) is 15.3. The van der Waals surface area contributed by atoms with Gasteiger partial charge in [-0.3, -0.25) is 14.4 Å². The Balaban J connectivity index is 0.00000300. The predicted octanol–water partition coefficient (Wildman–Crippen LogP) is 7.03. The fourth-order valence-electron chi connectivity index (χ4n) is 7.75. The number of alkyl carbamates (subject to hydrolysis) is 1. The molecule has 2 aliphatic rings. The average Bonchev–Trinajstić information content (AvgIpc) is 3.99. The Morgan fingerprint density at radius 1 is 0.763 bits per heavy atom. The molecule has 0 radical (unpaired) electrons. The number of anilines is 1. The van der Waals surface area contributed by atoms with Gasteiger partial charge in [-0.2, -0.15) is 54.0 Å². The Hall–Kier alpha value is -4.06. The molecule has 324 valence electrons. The second-order valence-corrected chi connectivity index (χ2v) is 15.3. The number of nitrogens with one attached hydrogen (secondary N) is 3. The summed E-state index contributed by atoms with van der Waals surface area (Å²) < 4.78 is 9.61. The van der Waals surface area contributed by atoms with Crippen molar-refractivity contribution in [3.05, 3.63) is 66.7 Å². The van der Waals surface area contributed by atoms with Gasteiger partial charge >= 0.3 is 12.1 Å². The molecule has 4 atom stereocenters. The highest BCUT2D eigenvalue weighted by Gasteiger charge is 2.38. The molecular weight excluding hydrogens is 827 g/mol. The number of H-pyrrole nitrogens is 1. The molecule has 59 heavy (non-hydrogen) atoms. The maximum atomic E-state index is 13.6. The molecule has 2 fully saturated rings. The summed E-state index contributed by atoms with van der Waals surface area (Å²) in [7, 11) is 2.65. The van der Waals surface area contributed by atoms with Gasteiger partial charge in [-0.25, -0.2) is 14.8 Å². The third-order valence-electron chi connectivity index (χ3n) is 11.0. The number of hydrogen-bond donors (Lipinski definition) is 3. The normalized spacial score (nSPS) is 16.9. The molecule has 6 rings (SSSR count). The van der Waals surface area contributed by atoms with E-state index in [0.717, 1.165) is 70.5 Å². The zero-order chi connectivity index (χ0) is 39.2. The van der Waals surface area contributed by atoms with Crippen LogP contribution in [0.1, 0.15) is 71.7 Å². The Morgan fingerprint density at radius 2 is 1.41 bits per heavy atom. The number of hydrogen-bond acceptors (Lipinski definition) is 9. The molecule has 3 amide bonds. The number of fused-ring (bicyclic) bond motifs is 1. The van der Waals surface area contributed by atoms with Gasteiger partial charge in [0, 0.05) is 43.0 Å². The summed E-state index contributed by atoms with van der Waals surface area (Å²) in [6.45, 7) is 9.62. The van der Waals surface area contributed by atoms with Gasteiger partial charge in [-0.1, -0.05) is 52.0 Å². The number of esters is 1. The average molecular weight is 888 g/mol. The molecule has 2 saturated heterocycles. The lowest BCUT2D eigenvalue weighted by atomic mass is 9.91. The minimum Gasteiger partial charge on any atom is -0.469 e. The molecular formula is C42H61N7O6S4. The van der Waals surface area contributed by atoms with E-state index in [2.05, 4.69) is 57.0 Å². The van der Waals surface area contributed by atoms with E-state index in [4.69, 9.17) is 14.5 Å². The summed E-state index contributed by atoms with van der Waals surface area (Å²) in [5.41, 5.74) is 3.90. The van der Waals surface area contributed by atoms with Gasteiger partial charge in [-0.15, -0.1) is 0 Å². The monoisotopic (exact) mass is 887 g/mol. The van der Waals surface area contributed by atoms with Gasteiger partial charge in [-0.05, 0) is 78.1 Å². The van der Waals surface area contributed by atoms with Crippen molar-refractivity contribution in [1.29, 1.82) is 0 Å². The largest absolute Gasteiger partial charge is 0.469 e. The van der Waals surface area contributed by atoms with Crippen LogP contribution in [0.5, 0.6) is 0 Å². The molecule has 0 spiro atoms. The lowest BCUT2D eigenvalue weighted by Gasteiger charge is -2.30. The van der Waals surface area contributed by atoms with Gasteiger partial charge < -0.3 is 34.9 Å². The number of likely N-dealkylation sites (tertiary alicyclic amines) is 2. The first-order valence-corrected chi connectivity index (χ1v) is 19.3. The predicted molar refractivity (Wildman–Crippen MR) is 252 cm³/mol. The lowest BCUT2D eigenvalue weighted by molar-refractivity contribution is -0.148. The maximum Gasteiger partial charge on any atom is 0.407 e. The summed E-state index contributed by atoms with van der Waals surface area (Å²) >= 11 is 0. The number of aromatic amines is 1. The number of imidazole rings is 1. The molecule has 0 aliphatic carbocycles. The van der Waals surface area contributed by atoms with Gasteiger partial charge in [0.25, 0.3) is 0 Å². The Morgan fingerprint density at radius 3 is 2.03 bits per heavy atom. The number of benzene rings is 2. The van der Waals surface area contributed by atoms with Gasteiger partial charge in [0.2, 0.25) is 11.8 Å². The van der Waals surface area contributed by atoms with Crippen molar-refractivity contribution in [3.63, 3.8) is 0 Å². The van der Waals surface area contributed by atoms with Crippen LogP contribution in [-0.2, 0) is 23.9 Å². The summed E-state index contributed by atoms with van der Waals surface area (Å²) in [4.78, 5) is 67.5. The minimum absolute atomic E-state index is 0. The van der Waals surface area contributed by atoms with E-state index in [9.17, 15) is 19.2 Å². The second kappa shape index (κ2) is 23.1. The van der Waals surface area contributed by atoms with Crippen molar-refractivity contribution < 1.29 is 28.7 Å². The minimum atomic E-state index is -0.686. The van der Waals surface area contributed by atoms with E-state index in [-0.39, 0.29) is 102 Å². The molecule has 3 N–H and O–H groups in total. The molecule has 13 nitrogen and oxygen atoms in total. The standard InChI is InChI=1S/C42H53N7O6.4H2S/c1-25(2)33(21-37(50)54-5)40(51)48-17-7-9-32(48)23-44-36-16-15-31(22-43-36)29-12-11-28-20-30(14-13-27(28)19-29)34-24-45-39(46-34)35-10-8-18-49(35)41(52)38(26(3)4)47-42(53)55-6;;;;/h11-16,19-20,22,24-26,32-33,35,38H,7-10,17-18,21,23H2,1-6H3,(H,43,44)(H,45,46)(H,47,53);4*1H2/t32-,33-,35-,38-;;;;/m0..../s1. The molecule has 17 heteroatoms. The Bertz CT molecular complexity index is 2010. The maximum absolute atomic E-state index is 13.6. The van der Waals surface area contributed by atoms with Gasteiger partial charge in [0.1, 0.15) is 17.7 Å². The van der Waals surface area contributed by atoms with Crippen molar-refractivity contribution in [3.8, 4) is 22.4 Å². The SMILES string of the molecule is COC(=O)C[C@H](C(=O)N1CCC[C@H]1CNc1ccc(-c2ccc3cc(-c4cnc([C@@H]5CCCN5C(=O)[C@@H](NC(=O)OC)C(C)C)[nH]4)ccc3c2)cn1)C(C)C.S.S.S.S. The van der Waals surface area contributed by atoms with Crippen LogP contribution >= 0.6 is 54.0 Å². The van der Waals surface area contributed by atoms with Crippen LogP contribution in [0.2, 0.25) is 0 Å². The zero-order valence-corrected chi connectivity index (χ0v) is 38.6. The number of carbonyl (C=O) groups is 4.